The van der Waals surface area contributed by atoms with Gasteiger partial charge < -0.3 is 19.4 Å². The first kappa shape index (κ1) is 16.8. The van der Waals surface area contributed by atoms with E-state index in [9.17, 15) is 14.4 Å². The topological polar surface area (TPSA) is 86.6 Å². The number of ketones is 1. The quantitative estimate of drug-likeness (QED) is 0.838. The van der Waals surface area contributed by atoms with Crippen LogP contribution in [0.4, 0.5) is 5.69 Å². The monoisotopic (exact) mass is 342 g/mol. The molecule has 1 aliphatic heterocycles. The number of anilines is 1. The van der Waals surface area contributed by atoms with Crippen molar-refractivity contribution in [2.24, 2.45) is 0 Å². The molecule has 0 fully saturated rings. The summed E-state index contributed by atoms with van der Waals surface area (Å²) in [7, 11) is 0. The number of hydrogen-bond donors (Lipinski definition) is 1. The number of aromatic nitrogens is 1. The highest BCUT2D eigenvalue weighted by atomic mass is 16.5. The summed E-state index contributed by atoms with van der Waals surface area (Å²) in [5.41, 5.74) is 0.469. The van der Waals surface area contributed by atoms with Crippen molar-refractivity contribution in [2.45, 2.75) is 26.5 Å². The lowest BCUT2D eigenvalue weighted by Crippen LogP contribution is -2.34. The zero-order valence-electron chi connectivity index (χ0n) is 13.9. The number of Topliss-reactive ketones (excluding diaryl/α,β-unsaturated/α-hetero) is 1. The van der Waals surface area contributed by atoms with Gasteiger partial charge in [0, 0.05) is 11.8 Å². The average molecular weight is 342 g/mol. The van der Waals surface area contributed by atoms with Crippen LogP contribution in [0.2, 0.25) is 0 Å². The molecule has 1 aromatic carbocycles. The first-order valence-electron chi connectivity index (χ1n) is 7.96. The summed E-state index contributed by atoms with van der Waals surface area (Å²) in [5.74, 6) is 0.196. The molecule has 3 rings (SSSR count). The first-order valence-corrected chi connectivity index (χ1v) is 7.96. The number of carbonyl (C=O) groups is 2. The molecule has 7 heteroatoms. The highest BCUT2D eigenvalue weighted by Crippen LogP contribution is 2.30. The largest absolute Gasteiger partial charge is 0.488 e. The third-order valence-corrected chi connectivity index (χ3v) is 3.83. The molecule has 1 amide bonds. The van der Waals surface area contributed by atoms with Crippen molar-refractivity contribution in [1.82, 2.24) is 4.57 Å². The van der Waals surface area contributed by atoms with Crippen molar-refractivity contribution in [2.75, 3.05) is 11.9 Å². The Hall–Kier alpha value is -3.09. The van der Waals surface area contributed by atoms with Gasteiger partial charge in [-0.2, -0.15) is 0 Å². The molecule has 1 aromatic heterocycles. The zero-order chi connectivity index (χ0) is 18.0. The van der Waals surface area contributed by atoms with E-state index < -0.39 is 6.10 Å². The third kappa shape index (κ3) is 3.40. The number of hydrogen-bond acceptors (Lipinski definition) is 5. The van der Waals surface area contributed by atoms with E-state index in [-0.39, 0.29) is 29.5 Å². The van der Waals surface area contributed by atoms with Gasteiger partial charge in [-0.1, -0.05) is 0 Å². The van der Waals surface area contributed by atoms with Crippen LogP contribution in [0.1, 0.15) is 24.2 Å². The van der Waals surface area contributed by atoms with Gasteiger partial charge in [-0.3, -0.25) is 14.4 Å². The lowest BCUT2D eigenvalue weighted by atomic mass is 10.1. The Morgan fingerprint density at radius 1 is 1.32 bits per heavy atom. The Labute approximate surface area is 144 Å². The van der Waals surface area contributed by atoms with Gasteiger partial charge in [0.05, 0.1) is 18.8 Å². The molecule has 0 bridgehead atoms. The van der Waals surface area contributed by atoms with Crippen LogP contribution < -0.4 is 20.3 Å². The Balaban J connectivity index is 1.83. The van der Waals surface area contributed by atoms with E-state index in [0.29, 0.717) is 23.6 Å². The maximum absolute atomic E-state index is 12.5. The molecule has 130 valence electrons. The molecule has 25 heavy (non-hydrogen) atoms. The molecule has 0 spiro atoms. The summed E-state index contributed by atoms with van der Waals surface area (Å²) < 4.78 is 12.0. The number of pyridine rings is 1. The number of rotatable bonds is 5. The molecule has 1 N–H and O–H groups in total. The third-order valence-electron chi connectivity index (χ3n) is 3.83. The van der Waals surface area contributed by atoms with Gasteiger partial charge in [-0.05, 0) is 44.2 Å². The predicted octanol–water partition coefficient (Wildman–Crippen LogP) is 1.85. The number of nitrogens with one attached hydrogen (secondary N) is 1. The highest BCUT2D eigenvalue weighted by Gasteiger charge is 2.24. The van der Waals surface area contributed by atoms with E-state index in [2.05, 4.69) is 5.32 Å². The van der Waals surface area contributed by atoms with Gasteiger partial charge in [0.1, 0.15) is 5.75 Å². The number of benzene rings is 1. The minimum absolute atomic E-state index is 0.121. The molecule has 1 aliphatic rings. The Morgan fingerprint density at radius 2 is 2.12 bits per heavy atom. The average Bonchev–Trinajstić information content (AvgIpc) is 2.59. The van der Waals surface area contributed by atoms with Crippen LogP contribution in [-0.2, 0) is 11.3 Å². The first-order chi connectivity index (χ1) is 12.0. The van der Waals surface area contributed by atoms with Crippen LogP contribution in [0.5, 0.6) is 11.5 Å². The number of ether oxygens (including phenoxy) is 2. The molecule has 0 aliphatic carbocycles. The molecular weight excluding hydrogens is 324 g/mol. The normalized spacial score (nSPS) is 15.8. The second-order valence-electron chi connectivity index (χ2n) is 5.62. The van der Waals surface area contributed by atoms with Gasteiger partial charge in [0.2, 0.25) is 0 Å². The molecular formula is C18H18N2O5. The van der Waals surface area contributed by atoms with Gasteiger partial charge in [-0.25, -0.2) is 0 Å². The van der Waals surface area contributed by atoms with E-state index in [4.69, 9.17) is 9.47 Å². The van der Waals surface area contributed by atoms with Gasteiger partial charge in [0.25, 0.3) is 11.5 Å². The van der Waals surface area contributed by atoms with Crippen LogP contribution in [0.3, 0.4) is 0 Å². The maximum atomic E-state index is 12.5. The molecule has 7 nitrogen and oxygen atoms in total. The lowest BCUT2D eigenvalue weighted by molar-refractivity contribution is -0.122. The second kappa shape index (κ2) is 6.80. The zero-order valence-corrected chi connectivity index (χ0v) is 13.9. The van der Waals surface area contributed by atoms with Crippen molar-refractivity contribution in [3.63, 3.8) is 0 Å². The van der Waals surface area contributed by atoms with E-state index in [1.807, 2.05) is 0 Å². The number of fused-ring (bicyclic) bond motifs is 1. The molecule has 1 unspecified atom stereocenters. The van der Waals surface area contributed by atoms with Crippen molar-refractivity contribution in [3.05, 3.63) is 52.4 Å². The highest BCUT2D eigenvalue weighted by molar-refractivity contribution is 6.01. The fourth-order valence-corrected chi connectivity index (χ4v) is 2.53. The summed E-state index contributed by atoms with van der Waals surface area (Å²) in [6.07, 6.45) is 0.960. The van der Waals surface area contributed by atoms with E-state index in [1.165, 1.54) is 10.8 Å². The van der Waals surface area contributed by atoms with Crippen LogP contribution in [-0.4, -0.2) is 29.0 Å². The SMILES string of the molecule is CCOc1cccn(CC(=O)c2ccc3c(c2)NC(=O)C(C)O3)c1=O. The van der Waals surface area contributed by atoms with Crippen LogP contribution in [0.15, 0.2) is 41.3 Å². The van der Waals surface area contributed by atoms with Gasteiger partial charge in [-0.15, -0.1) is 0 Å². The number of nitrogens with zero attached hydrogens (tertiary/aromatic N) is 1. The van der Waals surface area contributed by atoms with Crippen LogP contribution >= 0.6 is 0 Å². The fourth-order valence-electron chi connectivity index (χ4n) is 2.53. The molecule has 2 aromatic rings. The van der Waals surface area contributed by atoms with Gasteiger partial charge >= 0.3 is 0 Å². The second-order valence-corrected chi connectivity index (χ2v) is 5.62. The van der Waals surface area contributed by atoms with Crippen molar-refractivity contribution < 1.29 is 19.1 Å². The van der Waals surface area contributed by atoms with Crippen LogP contribution in [0, 0.1) is 0 Å². The van der Waals surface area contributed by atoms with Crippen molar-refractivity contribution in [1.29, 1.82) is 0 Å². The Kier molecular flexibility index (Phi) is 4.56. The molecule has 0 saturated heterocycles. The number of amides is 1. The smallest absolute Gasteiger partial charge is 0.293 e. The van der Waals surface area contributed by atoms with E-state index >= 15 is 0 Å². The minimum atomic E-state index is -0.575. The minimum Gasteiger partial charge on any atom is -0.488 e. The molecule has 0 saturated carbocycles. The maximum Gasteiger partial charge on any atom is 0.293 e. The van der Waals surface area contributed by atoms with Gasteiger partial charge in [0.15, 0.2) is 17.6 Å². The van der Waals surface area contributed by atoms with Crippen molar-refractivity contribution >= 4 is 17.4 Å². The predicted molar refractivity (Wildman–Crippen MR) is 91.4 cm³/mol. The van der Waals surface area contributed by atoms with E-state index in [0.717, 1.165) is 0 Å². The summed E-state index contributed by atoms with van der Waals surface area (Å²) in [6, 6.07) is 8.03. The summed E-state index contributed by atoms with van der Waals surface area (Å²) in [6.45, 7) is 3.68. The van der Waals surface area contributed by atoms with Crippen molar-refractivity contribution in [3.8, 4) is 11.5 Å². The summed E-state index contributed by atoms with van der Waals surface area (Å²) in [4.78, 5) is 36.5. The fraction of sp³-hybridized carbons (Fsp3) is 0.278. The number of carbonyl (C=O) groups excluding carboxylic acids is 2. The molecule has 1 atom stereocenters. The lowest BCUT2D eigenvalue weighted by Gasteiger charge is -2.23. The summed E-state index contributed by atoms with van der Waals surface area (Å²) in [5, 5.41) is 2.70. The Bertz CT molecular complexity index is 887. The standard InChI is InChI=1S/C18H18N2O5/c1-3-24-16-5-4-8-20(18(16)23)10-14(21)12-6-7-15-13(9-12)19-17(22)11(2)25-15/h4-9,11H,3,10H2,1-2H3,(H,19,22). The Morgan fingerprint density at radius 3 is 2.88 bits per heavy atom. The van der Waals surface area contributed by atoms with Crippen LogP contribution in [0.25, 0.3) is 0 Å². The molecule has 0 radical (unpaired) electrons. The molecule has 2 heterocycles. The van der Waals surface area contributed by atoms with E-state index in [1.54, 1.807) is 44.2 Å². The summed E-state index contributed by atoms with van der Waals surface area (Å²) >= 11 is 0.